The van der Waals surface area contributed by atoms with Crippen LogP contribution in [0.1, 0.15) is 5.56 Å². The highest BCUT2D eigenvalue weighted by Gasteiger charge is 2.16. The molecule has 0 aliphatic heterocycles. The lowest BCUT2D eigenvalue weighted by Gasteiger charge is -2.09. The van der Waals surface area contributed by atoms with Crippen molar-refractivity contribution >= 4 is 16.0 Å². The third-order valence-electron chi connectivity index (χ3n) is 3.17. The van der Waals surface area contributed by atoms with Crippen LogP contribution < -0.4 is 9.46 Å². The van der Waals surface area contributed by atoms with Crippen LogP contribution in [0.15, 0.2) is 53.4 Å². The predicted octanol–water partition coefficient (Wildman–Crippen LogP) is 2.03. The number of halogens is 1. The third-order valence-corrected chi connectivity index (χ3v) is 4.58. The third kappa shape index (κ3) is 6.17. The van der Waals surface area contributed by atoms with E-state index in [-0.39, 0.29) is 18.1 Å². The molecule has 2 rings (SSSR count). The van der Waals surface area contributed by atoms with E-state index in [1.165, 1.54) is 0 Å². The van der Waals surface area contributed by atoms with Crippen LogP contribution in [-0.4, -0.2) is 34.1 Å². The quantitative estimate of drug-likeness (QED) is 0.570. The SMILES string of the molecule is Cc1ccc(OCCOC(=O)CNS(=O)(=O)c2ccc(F)cc2)cc1. The van der Waals surface area contributed by atoms with E-state index >= 15 is 0 Å². The Kier molecular flexibility index (Phi) is 6.49. The van der Waals surface area contributed by atoms with Crippen molar-refractivity contribution < 1.29 is 27.1 Å². The van der Waals surface area contributed by atoms with Crippen LogP contribution in [0.4, 0.5) is 4.39 Å². The number of hydrogen-bond donors (Lipinski definition) is 1. The van der Waals surface area contributed by atoms with E-state index < -0.39 is 28.4 Å². The highest BCUT2D eigenvalue weighted by atomic mass is 32.2. The zero-order valence-electron chi connectivity index (χ0n) is 13.6. The van der Waals surface area contributed by atoms with Gasteiger partial charge in [-0.3, -0.25) is 4.79 Å². The van der Waals surface area contributed by atoms with Gasteiger partial charge in [0.15, 0.2) is 0 Å². The van der Waals surface area contributed by atoms with Crippen molar-refractivity contribution in [1.29, 1.82) is 0 Å². The fraction of sp³-hybridized carbons (Fsp3) is 0.235. The summed E-state index contributed by atoms with van der Waals surface area (Å²) >= 11 is 0. The molecule has 0 aromatic heterocycles. The molecule has 25 heavy (non-hydrogen) atoms. The monoisotopic (exact) mass is 367 g/mol. The summed E-state index contributed by atoms with van der Waals surface area (Å²) in [4.78, 5) is 11.4. The topological polar surface area (TPSA) is 81.7 Å². The summed E-state index contributed by atoms with van der Waals surface area (Å²) in [6.07, 6.45) is 0. The fourth-order valence-corrected chi connectivity index (χ4v) is 2.82. The van der Waals surface area contributed by atoms with E-state index in [2.05, 4.69) is 4.72 Å². The van der Waals surface area contributed by atoms with E-state index in [0.29, 0.717) is 5.75 Å². The maximum absolute atomic E-state index is 12.8. The van der Waals surface area contributed by atoms with Crippen molar-refractivity contribution in [3.05, 3.63) is 59.9 Å². The van der Waals surface area contributed by atoms with Crippen LogP contribution in [0.2, 0.25) is 0 Å². The molecule has 2 aromatic rings. The Balaban J connectivity index is 1.71. The molecule has 0 unspecified atom stereocenters. The molecule has 0 amide bonds. The van der Waals surface area contributed by atoms with Gasteiger partial charge in [0.25, 0.3) is 0 Å². The molecule has 0 aliphatic carbocycles. The Bertz CT molecular complexity index is 804. The van der Waals surface area contributed by atoms with Gasteiger partial charge in [0, 0.05) is 0 Å². The van der Waals surface area contributed by atoms with Crippen LogP contribution in [0.3, 0.4) is 0 Å². The molecule has 1 N–H and O–H groups in total. The number of esters is 1. The van der Waals surface area contributed by atoms with Gasteiger partial charge in [0.2, 0.25) is 10.0 Å². The Morgan fingerprint density at radius 3 is 2.32 bits per heavy atom. The first kappa shape index (κ1) is 18.9. The molecule has 2 aromatic carbocycles. The summed E-state index contributed by atoms with van der Waals surface area (Å²) in [5.74, 6) is -0.635. The average Bonchev–Trinajstić information content (AvgIpc) is 2.59. The first-order valence-electron chi connectivity index (χ1n) is 7.47. The molecule has 0 heterocycles. The van der Waals surface area contributed by atoms with Crippen molar-refractivity contribution in [2.45, 2.75) is 11.8 Å². The van der Waals surface area contributed by atoms with E-state index in [9.17, 15) is 17.6 Å². The van der Waals surface area contributed by atoms with Crippen LogP contribution in [0.25, 0.3) is 0 Å². The maximum Gasteiger partial charge on any atom is 0.321 e. The van der Waals surface area contributed by atoms with Crippen molar-refractivity contribution in [2.24, 2.45) is 0 Å². The van der Waals surface area contributed by atoms with Gasteiger partial charge in [-0.1, -0.05) is 17.7 Å². The summed E-state index contributed by atoms with van der Waals surface area (Å²) in [5.41, 5.74) is 1.10. The van der Waals surface area contributed by atoms with Crippen LogP contribution in [0.5, 0.6) is 5.75 Å². The number of ether oxygens (including phenoxy) is 2. The minimum Gasteiger partial charge on any atom is -0.490 e. The minimum atomic E-state index is -3.90. The Morgan fingerprint density at radius 1 is 1.04 bits per heavy atom. The number of benzene rings is 2. The van der Waals surface area contributed by atoms with Crippen LogP contribution in [-0.2, 0) is 19.6 Å². The number of carbonyl (C=O) groups excluding carboxylic acids is 1. The highest BCUT2D eigenvalue weighted by molar-refractivity contribution is 7.89. The molecule has 0 radical (unpaired) electrons. The molecule has 134 valence electrons. The molecule has 6 nitrogen and oxygen atoms in total. The van der Waals surface area contributed by atoms with E-state index in [0.717, 1.165) is 29.8 Å². The highest BCUT2D eigenvalue weighted by Crippen LogP contribution is 2.11. The number of aryl methyl sites for hydroxylation is 1. The van der Waals surface area contributed by atoms with Crippen LogP contribution >= 0.6 is 0 Å². The lowest BCUT2D eigenvalue weighted by Crippen LogP contribution is -2.31. The lowest BCUT2D eigenvalue weighted by molar-refractivity contribution is -0.142. The zero-order chi connectivity index (χ0) is 18.3. The zero-order valence-corrected chi connectivity index (χ0v) is 14.4. The van der Waals surface area contributed by atoms with Gasteiger partial charge in [-0.25, -0.2) is 12.8 Å². The molecular weight excluding hydrogens is 349 g/mol. The molecule has 0 saturated heterocycles. The van der Waals surface area contributed by atoms with Gasteiger partial charge in [-0.15, -0.1) is 0 Å². The second-order valence-electron chi connectivity index (χ2n) is 5.16. The molecular formula is C17H18FNO5S. The molecule has 0 aliphatic rings. The van der Waals surface area contributed by atoms with Crippen molar-refractivity contribution in [3.63, 3.8) is 0 Å². The second-order valence-corrected chi connectivity index (χ2v) is 6.93. The summed E-state index contributed by atoms with van der Waals surface area (Å²) in [6, 6.07) is 11.7. The van der Waals surface area contributed by atoms with Crippen molar-refractivity contribution in [1.82, 2.24) is 4.72 Å². The largest absolute Gasteiger partial charge is 0.490 e. The number of carbonyl (C=O) groups is 1. The minimum absolute atomic E-state index is 0.00894. The van der Waals surface area contributed by atoms with Crippen molar-refractivity contribution in [2.75, 3.05) is 19.8 Å². The summed E-state index contributed by atoms with van der Waals surface area (Å²) in [5, 5.41) is 0. The summed E-state index contributed by atoms with van der Waals surface area (Å²) in [6.45, 7) is 1.58. The first-order valence-corrected chi connectivity index (χ1v) is 8.95. The summed E-state index contributed by atoms with van der Waals surface area (Å²) < 4.78 is 49.0. The van der Waals surface area contributed by atoms with Gasteiger partial charge in [-0.2, -0.15) is 4.72 Å². The molecule has 0 spiro atoms. The molecule has 0 bridgehead atoms. The molecule has 0 atom stereocenters. The fourth-order valence-electron chi connectivity index (χ4n) is 1.85. The van der Waals surface area contributed by atoms with E-state index in [1.807, 2.05) is 19.1 Å². The Labute approximate surface area is 145 Å². The van der Waals surface area contributed by atoms with Gasteiger partial charge < -0.3 is 9.47 Å². The molecule has 0 saturated carbocycles. The van der Waals surface area contributed by atoms with Gasteiger partial charge in [0.05, 0.1) is 4.90 Å². The van der Waals surface area contributed by atoms with Gasteiger partial charge in [-0.05, 0) is 43.3 Å². The standard InChI is InChI=1S/C17H18FNO5S/c1-13-2-6-15(7-3-13)23-10-11-24-17(20)12-19-25(21,22)16-8-4-14(18)5-9-16/h2-9,19H,10-12H2,1H3. The number of nitrogens with one attached hydrogen (secondary N) is 1. The van der Waals surface area contributed by atoms with Gasteiger partial charge >= 0.3 is 5.97 Å². The Hall–Kier alpha value is -2.45. The maximum atomic E-state index is 12.8. The van der Waals surface area contributed by atoms with E-state index in [1.54, 1.807) is 12.1 Å². The summed E-state index contributed by atoms with van der Waals surface area (Å²) in [7, 11) is -3.90. The lowest BCUT2D eigenvalue weighted by atomic mass is 10.2. The molecule has 8 heteroatoms. The Morgan fingerprint density at radius 2 is 1.68 bits per heavy atom. The average molecular weight is 367 g/mol. The van der Waals surface area contributed by atoms with Crippen molar-refractivity contribution in [3.8, 4) is 5.75 Å². The van der Waals surface area contributed by atoms with Gasteiger partial charge in [0.1, 0.15) is 31.3 Å². The number of sulfonamides is 1. The number of rotatable bonds is 8. The predicted molar refractivity (Wildman–Crippen MR) is 89.2 cm³/mol. The first-order chi connectivity index (χ1) is 11.9. The van der Waals surface area contributed by atoms with Crippen LogP contribution in [0, 0.1) is 12.7 Å². The number of hydrogen-bond acceptors (Lipinski definition) is 5. The molecule has 0 fully saturated rings. The smallest absolute Gasteiger partial charge is 0.321 e. The van der Waals surface area contributed by atoms with E-state index in [4.69, 9.17) is 9.47 Å². The second kappa shape index (κ2) is 8.59. The normalized spacial score (nSPS) is 11.1.